The normalized spacial score (nSPS) is 17.7. The fraction of sp³-hybridized carbons (Fsp3) is 0.304. The van der Waals surface area contributed by atoms with E-state index in [0.717, 1.165) is 24.0 Å². The lowest BCUT2D eigenvalue weighted by Crippen LogP contribution is -2.32. The number of benzene rings is 2. The first-order valence-electron chi connectivity index (χ1n) is 9.60. The molecule has 0 fully saturated rings. The van der Waals surface area contributed by atoms with Crippen molar-refractivity contribution in [2.75, 3.05) is 13.7 Å². The van der Waals surface area contributed by atoms with E-state index in [2.05, 4.69) is 36.2 Å². The molecule has 2 heterocycles. The second-order valence-electron chi connectivity index (χ2n) is 7.15. The zero-order chi connectivity index (χ0) is 19.7. The number of rotatable bonds is 5. The standard InChI is InChI=1S/C23H24N2O3/c1-4-9-28-22-12-20-19(11-21(22)27-3)23(26)25-14-17(10-18(25)13-24-20)16-7-5-15(2)6-8-16/h5-8,11-14,18H,4,9-10H2,1-3H3/t18-/m0/s1. The number of carbonyl (C=O) groups is 1. The van der Waals surface area contributed by atoms with Gasteiger partial charge in [-0.2, -0.15) is 0 Å². The predicted octanol–water partition coefficient (Wildman–Crippen LogP) is 4.76. The first-order chi connectivity index (χ1) is 13.6. The SMILES string of the molecule is CCCOc1cc2c(cc1OC)C(=O)N1C=C(c3ccc(C)cc3)C[C@H]1C=N2. The van der Waals surface area contributed by atoms with Crippen LogP contribution in [0, 0.1) is 6.92 Å². The van der Waals surface area contributed by atoms with Gasteiger partial charge in [-0.1, -0.05) is 36.8 Å². The van der Waals surface area contributed by atoms with Crippen molar-refractivity contribution in [2.24, 2.45) is 4.99 Å². The lowest BCUT2D eigenvalue weighted by atomic mass is 10.0. The molecule has 0 aromatic heterocycles. The summed E-state index contributed by atoms with van der Waals surface area (Å²) < 4.78 is 11.2. The van der Waals surface area contributed by atoms with E-state index in [1.807, 2.05) is 19.3 Å². The molecule has 1 atom stereocenters. The van der Waals surface area contributed by atoms with Gasteiger partial charge in [0.15, 0.2) is 11.5 Å². The van der Waals surface area contributed by atoms with Crippen molar-refractivity contribution in [1.82, 2.24) is 4.90 Å². The molecule has 28 heavy (non-hydrogen) atoms. The maximum atomic E-state index is 13.2. The Morgan fingerprint density at radius 3 is 2.68 bits per heavy atom. The molecule has 2 aliphatic rings. The van der Waals surface area contributed by atoms with E-state index in [4.69, 9.17) is 9.47 Å². The molecule has 5 nitrogen and oxygen atoms in total. The van der Waals surface area contributed by atoms with Crippen LogP contribution in [0.3, 0.4) is 0 Å². The summed E-state index contributed by atoms with van der Waals surface area (Å²) in [5.41, 5.74) is 4.65. The number of nitrogens with zero attached hydrogens (tertiary/aromatic N) is 2. The van der Waals surface area contributed by atoms with Gasteiger partial charge in [0.1, 0.15) is 0 Å². The van der Waals surface area contributed by atoms with Crippen molar-refractivity contribution in [2.45, 2.75) is 32.7 Å². The third kappa shape index (κ3) is 3.28. The molecule has 0 bridgehead atoms. The quantitative estimate of drug-likeness (QED) is 0.756. The van der Waals surface area contributed by atoms with Crippen LogP contribution >= 0.6 is 0 Å². The van der Waals surface area contributed by atoms with Crippen LogP contribution in [0.15, 0.2) is 47.6 Å². The molecular weight excluding hydrogens is 352 g/mol. The van der Waals surface area contributed by atoms with Crippen molar-refractivity contribution in [3.05, 3.63) is 59.3 Å². The minimum absolute atomic E-state index is 0.0695. The largest absolute Gasteiger partial charge is 0.493 e. The van der Waals surface area contributed by atoms with Gasteiger partial charge in [0.2, 0.25) is 0 Å². The molecule has 2 aromatic carbocycles. The molecule has 0 N–H and O–H groups in total. The summed E-state index contributed by atoms with van der Waals surface area (Å²) in [5, 5.41) is 0. The molecule has 2 aliphatic heterocycles. The maximum Gasteiger partial charge on any atom is 0.260 e. The zero-order valence-electron chi connectivity index (χ0n) is 16.4. The zero-order valence-corrected chi connectivity index (χ0v) is 16.4. The van der Waals surface area contributed by atoms with Crippen LogP contribution in [-0.2, 0) is 0 Å². The van der Waals surface area contributed by atoms with Crippen LogP contribution in [0.5, 0.6) is 11.5 Å². The Labute approximate surface area is 165 Å². The maximum absolute atomic E-state index is 13.2. The molecule has 2 aromatic rings. The van der Waals surface area contributed by atoms with Crippen molar-refractivity contribution >= 4 is 23.4 Å². The molecule has 4 rings (SSSR count). The second-order valence-corrected chi connectivity index (χ2v) is 7.15. The van der Waals surface area contributed by atoms with Gasteiger partial charge >= 0.3 is 0 Å². The van der Waals surface area contributed by atoms with Crippen molar-refractivity contribution in [1.29, 1.82) is 0 Å². The smallest absolute Gasteiger partial charge is 0.260 e. The fourth-order valence-electron chi connectivity index (χ4n) is 3.55. The van der Waals surface area contributed by atoms with Crippen LogP contribution in [-0.4, -0.2) is 36.8 Å². The van der Waals surface area contributed by atoms with E-state index in [1.165, 1.54) is 5.56 Å². The van der Waals surface area contributed by atoms with E-state index in [0.29, 0.717) is 29.4 Å². The summed E-state index contributed by atoms with van der Waals surface area (Å²) in [7, 11) is 1.58. The molecule has 0 spiro atoms. The van der Waals surface area contributed by atoms with Gasteiger partial charge < -0.3 is 14.4 Å². The van der Waals surface area contributed by atoms with E-state index in [9.17, 15) is 4.79 Å². The van der Waals surface area contributed by atoms with E-state index < -0.39 is 0 Å². The number of ether oxygens (including phenoxy) is 2. The number of aliphatic imine (C=N–C) groups is 1. The van der Waals surface area contributed by atoms with E-state index in [1.54, 1.807) is 24.1 Å². The molecule has 144 valence electrons. The molecule has 0 saturated heterocycles. The van der Waals surface area contributed by atoms with Gasteiger partial charge in [-0.3, -0.25) is 9.79 Å². The lowest BCUT2D eigenvalue weighted by molar-refractivity contribution is 0.0817. The van der Waals surface area contributed by atoms with Crippen LogP contribution in [0.25, 0.3) is 5.57 Å². The van der Waals surface area contributed by atoms with Crippen LogP contribution in [0.1, 0.15) is 41.3 Å². The second kappa shape index (κ2) is 7.50. The first kappa shape index (κ1) is 18.3. The van der Waals surface area contributed by atoms with Crippen LogP contribution in [0.2, 0.25) is 0 Å². The number of amides is 1. The number of carbonyl (C=O) groups excluding carboxylic acids is 1. The van der Waals surface area contributed by atoms with Gasteiger partial charge in [0.05, 0.1) is 31.0 Å². The minimum atomic E-state index is -0.0813. The average Bonchev–Trinajstić information content (AvgIpc) is 3.09. The summed E-state index contributed by atoms with van der Waals surface area (Å²) in [5.74, 6) is 1.10. The first-order valence-corrected chi connectivity index (χ1v) is 9.60. The Morgan fingerprint density at radius 1 is 1.18 bits per heavy atom. The third-order valence-corrected chi connectivity index (χ3v) is 5.10. The highest BCUT2D eigenvalue weighted by Gasteiger charge is 2.33. The molecule has 5 heteroatoms. The number of fused-ring (bicyclic) bond motifs is 2. The highest BCUT2D eigenvalue weighted by Crippen LogP contribution is 2.39. The van der Waals surface area contributed by atoms with E-state index in [-0.39, 0.29) is 11.9 Å². The highest BCUT2D eigenvalue weighted by molar-refractivity contribution is 6.05. The molecule has 0 radical (unpaired) electrons. The minimum Gasteiger partial charge on any atom is -0.493 e. The van der Waals surface area contributed by atoms with Gasteiger partial charge in [-0.25, -0.2) is 0 Å². The highest BCUT2D eigenvalue weighted by atomic mass is 16.5. The molecule has 0 saturated carbocycles. The Balaban J connectivity index is 1.69. The summed E-state index contributed by atoms with van der Waals surface area (Å²) in [4.78, 5) is 19.6. The van der Waals surface area contributed by atoms with Crippen molar-refractivity contribution in [3.8, 4) is 11.5 Å². The molecule has 0 unspecified atom stereocenters. The van der Waals surface area contributed by atoms with Gasteiger partial charge in [0, 0.05) is 24.9 Å². The number of hydrogen-bond donors (Lipinski definition) is 0. The average molecular weight is 376 g/mol. The summed E-state index contributed by atoms with van der Waals surface area (Å²) in [6.45, 7) is 4.70. The van der Waals surface area contributed by atoms with E-state index >= 15 is 0 Å². The Bertz CT molecular complexity index is 961. The monoisotopic (exact) mass is 376 g/mol. The van der Waals surface area contributed by atoms with Gasteiger partial charge in [0.25, 0.3) is 5.91 Å². The number of aryl methyl sites for hydroxylation is 1. The Morgan fingerprint density at radius 2 is 1.96 bits per heavy atom. The molecule has 1 amide bonds. The van der Waals surface area contributed by atoms with Crippen LogP contribution in [0.4, 0.5) is 5.69 Å². The van der Waals surface area contributed by atoms with Crippen LogP contribution < -0.4 is 9.47 Å². The predicted molar refractivity (Wildman–Crippen MR) is 111 cm³/mol. The molecule has 0 aliphatic carbocycles. The summed E-state index contributed by atoms with van der Waals surface area (Å²) in [6, 6.07) is 11.8. The van der Waals surface area contributed by atoms with Crippen molar-refractivity contribution in [3.63, 3.8) is 0 Å². The summed E-state index contributed by atoms with van der Waals surface area (Å²) in [6.07, 6.45) is 5.46. The number of hydrogen-bond acceptors (Lipinski definition) is 4. The topological polar surface area (TPSA) is 51.1 Å². The molecular formula is C23H24N2O3. The third-order valence-electron chi connectivity index (χ3n) is 5.10. The lowest BCUT2D eigenvalue weighted by Gasteiger charge is -2.19. The Kier molecular flexibility index (Phi) is 4.90. The number of methoxy groups -OCH3 is 1. The Hall–Kier alpha value is -3.08. The van der Waals surface area contributed by atoms with Crippen molar-refractivity contribution < 1.29 is 14.3 Å². The fourth-order valence-corrected chi connectivity index (χ4v) is 3.55. The summed E-state index contributed by atoms with van der Waals surface area (Å²) >= 11 is 0. The van der Waals surface area contributed by atoms with Gasteiger partial charge in [-0.15, -0.1) is 0 Å². The van der Waals surface area contributed by atoms with Gasteiger partial charge in [-0.05, 0) is 30.5 Å².